The van der Waals surface area contributed by atoms with E-state index in [-0.39, 0.29) is 24.0 Å². The Labute approximate surface area is 147 Å². The molecule has 2 aliphatic rings. The van der Waals surface area contributed by atoms with Gasteiger partial charge in [-0.15, -0.1) is 0 Å². The topological polar surface area (TPSA) is 69.6 Å². The molecule has 25 heavy (non-hydrogen) atoms. The van der Waals surface area contributed by atoms with Crippen LogP contribution in [0.3, 0.4) is 0 Å². The van der Waals surface area contributed by atoms with E-state index in [1.165, 1.54) is 0 Å². The van der Waals surface area contributed by atoms with Gasteiger partial charge in [0.1, 0.15) is 0 Å². The second-order valence-corrected chi connectivity index (χ2v) is 7.38. The predicted molar refractivity (Wildman–Crippen MR) is 95.2 cm³/mol. The maximum Gasteiger partial charge on any atom is 0.253 e. The molecule has 2 fully saturated rings. The first-order valence-electron chi connectivity index (χ1n) is 8.94. The van der Waals surface area contributed by atoms with Gasteiger partial charge in [-0.3, -0.25) is 14.8 Å². The Morgan fingerprint density at radius 1 is 1.24 bits per heavy atom. The molecule has 132 valence electrons. The third-order valence-electron chi connectivity index (χ3n) is 6.02. The van der Waals surface area contributed by atoms with Crippen molar-refractivity contribution in [3.05, 3.63) is 36.2 Å². The smallest absolute Gasteiger partial charge is 0.253 e. The summed E-state index contributed by atoms with van der Waals surface area (Å²) in [5, 5.41) is 10.0. The lowest BCUT2D eigenvalue weighted by Gasteiger charge is -2.53. The third-order valence-corrected chi connectivity index (χ3v) is 6.02. The van der Waals surface area contributed by atoms with Gasteiger partial charge in [0, 0.05) is 42.5 Å². The number of nitrogens with zero attached hydrogens (tertiary/aromatic N) is 4. The molecular formula is C19H24N4O2. The molecule has 0 bridgehead atoms. The summed E-state index contributed by atoms with van der Waals surface area (Å²) in [7, 11) is 2.10. The number of fused-ring (bicyclic) bond motifs is 2. The van der Waals surface area contributed by atoms with Gasteiger partial charge < -0.3 is 14.9 Å². The van der Waals surface area contributed by atoms with Crippen molar-refractivity contribution >= 4 is 16.9 Å². The molecule has 2 aromatic rings. The van der Waals surface area contributed by atoms with Gasteiger partial charge in [-0.2, -0.15) is 0 Å². The molecule has 1 aromatic carbocycles. The molecule has 1 N–H and O–H groups in total. The van der Waals surface area contributed by atoms with E-state index in [1.807, 2.05) is 23.1 Å². The molecule has 3 heterocycles. The van der Waals surface area contributed by atoms with Crippen LogP contribution in [0.1, 0.15) is 29.6 Å². The number of piperidine rings is 2. The Kier molecular flexibility index (Phi) is 4.17. The Balaban J connectivity index is 1.58. The Hall–Kier alpha value is -2.05. The molecular weight excluding hydrogens is 316 g/mol. The van der Waals surface area contributed by atoms with Gasteiger partial charge in [-0.05, 0) is 51.1 Å². The summed E-state index contributed by atoms with van der Waals surface area (Å²) in [6, 6.07) is 5.73. The number of benzene rings is 1. The van der Waals surface area contributed by atoms with E-state index in [0.29, 0.717) is 18.7 Å². The zero-order valence-electron chi connectivity index (χ0n) is 14.6. The van der Waals surface area contributed by atoms with Gasteiger partial charge >= 0.3 is 0 Å². The molecule has 6 heteroatoms. The van der Waals surface area contributed by atoms with E-state index in [9.17, 15) is 9.90 Å². The van der Waals surface area contributed by atoms with Crippen LogP contribution < -0.4 is 0 Å². The lowest BCUT2D eigenvalue weighted by molar-refractivity contribution is -0.0601. The van der Waals surface area contributed by atoms with Gasteiger partial charge in [-0.1, -0.05) is 0 Å². The molecule has 0 aliphatic carbocycles. The summed E-state index contributed by atoms with van der Waals surface area (Å²) in [6.07, 6.45) is 6.32. The van der Waals surface area contributed by atoms with Crippen molar-refractivity contribution in [3.63, 3.8) is 0 Å². The number of amides is 1. The van der Waals surface area contributed by atoms with E-state index in [2.05, 4.69) is 21.9 Å². The van der Waals surface area contributed by atoms with Crippen LogP contribution in [0.2, 0.25) is 0 Å². The van der Waals surface area contributed by atoms with E-state index in [4.69, 9.17) is 0 Å². The van der Waals surface area contributed by atoms with Gasteiger partial charge in [0.25, 0.3) is 5.91 Å². The second-order valence-electron chi connectivity index (χ2n) is 7.38. The van der Waals surface area contributed by atoms with Crippen LogP contribution in [0.4, 0.5) is 0 Å². The molecule has 1 amide bonds. The van der Waals surface area contributed by atoms with Crippen LogP contribution in [0, 0.1) is 5.41 Å². The average molecular weight is 340 g/mol. The van der Waals surface area contributed by atoms with Crippen molar-refractivity contribution in [1.82, 2.24) is 19.8 Å². The molecule has 0 unspecified atom stereocenters. The number of likely N-dealkylation sites (N-methyl/N-ethyl adjacent to an activating group) is 1. The van der Waals surface area contributed by atoms with Crippen LogP contribution in [0.5, 0.6) is 0 Å². The summed E-state index contributed by atoms with van der Waals surface area (Å²) >= 11 is 0. The van der Waals surface area contributed by atoms with E-state index in [1.54, 1.807) is 12.4 Å². The van der Waals surface area contributed by atoms with Crippen LogP contribution in [0.25, 0.3) is 11.0 Å². The minimum atomic E-state index is -0.0569. The summed E-state index contributed by atoms with van der Waals surface area (Å²) in [5.74, 6) is 0.0399. The van der Waals surface area contributed by atoms with Crippen molar-refractivity contribution < 1.29 is 9.90 Å². The predicted octanol–water partition coefficient (Wildman–Crippen LogP) is 1.55. The number of aromatic nitrogens is 2. The molecule has 4 rings (SSSR count). The van der Waals surface area contributed by atoms with Crippen molar-refractivity contribution in [2.24, 2.45) is 5.41 Å². The number of aliphatic hydroxyl groups is 1. The Morgan fingerprint density at radius 3 is 2.84 bits per heavy atom. The number of likely N-dealkylation sites (tertiary alicyclic amines) is 2. The average Bonchev–Trinajstić information content (AvgIpc) is 2.67. The van der Waals surface area contributed by atoms with Crippen molar-refractivity contribution in [2.45, 2.75) is 25.3 Å². The van der Waals surface area contributed by atoms with Crippen LogP contribution in [0.15, 0.2) is 30.6 Å². The summed E-state index contributed by atoms with van der Waals surface area (Å²) in [4.78, 5) is 25.8. The summed E-state index contributed by atoms with van der Waals surface area (Å²) in [6.45, 7) is 2.60. The molecule has 0 radical (unpaired) electrons. The third kappa shape index (κ3) is 2.79. The van der Waals surface area contributed by atoms with Gasteiger partial charge in [0.2, 0.25) is 0 Å². The molecule has 0 saturated carbocycles. The highest BCUT2D eigenvalue weighted by Gasteiger charge is 2.47. The minimum absolute atomic E-state index is 0.0399. The Bertz CT molecular complexity index is 796. The first kappa shape index (κ1) is 16.4. The second kappa shape index (κ2) is 6.35. The van der Waals surface area contributed by atoms with Crippen LogP contribution >= 0.6 is 0 Å². The maximum absolute atomic E-state index is 13.0. The fourth-order valence-electron chi connectivity index (χ4n) is 4.48. The SMILES string of the molecule is CN1CCC[C@]2(CO)CCN(C(=O)c3ccc4nccnc4c3)C[C@@H]12. The lowest BCUT2D eigenvalue weighted by atomic mass is 9.69. The van der Waals surface area contributed by atoms with Gasteiger partial charge in [0.15, 0.2) is 0 Å². The first-order valence-corrected chi connectivity index (χ1v) is 8.94. The highest BCUT2D eigenvalue weighted by atomic mass is 16.3. The molecule has 2 saturated heterocycles. The fourth-order valence-corrected chi connectivity index (χ4v) is 4.48. The molecule has 1 aromatic heterocycles. The number of hydrogen-bond donors (Lipinski definition) is 1. The fraction of sp³-hybridized carbons (Fsp3) is 0.526. The number of carbonyl (C=O) groups excluding carboxylic acids is 1. The van der Waals surface area contributed by atoms with E-state index < -0.39 is 0 Å². The quantitative estimate of drug-likeness (QED) is 0.898. The zero-order chi connectivity index (χ0) is 17.4. The normalized spacial score (nSPS) is 27.3. The molecule has 2 aliphatic heterocycles. The van der Waals surface area contributed by atoms with E-state index in [0.717, 1.165) is 36.8 Å². The van der Waals surface area contributed by atoms with Crippen molar-refractivity contribution in [1.29, 1.82) is 0 Å². The monoisotopic (exact) mass is 340 g/mol. The van der Waals surface area contributed by atoms with Gasteiger partial charge in [0.05, 0.1) is 17.6 Å². The molecule has 0 spiro atoms. The summed E-state index contributed by atoms with van der Waals surface area (Å²) in [5.41, 5.74) is 2.13. The maximum atomic E-state index is 13.0. The van der Waals surface area contributed by atoms with E-state index >= 15 is 0 Å². The zero-order valence-corrected chi connectivity index (χ0v) is 14.6. The number of hydrogen-bond acceptors (Lipinski definition) is 5. The van der Waals surface area contributed by atoms with Crippen molar-refractivity contribution in [3.8, 4) is 0 Å². The highest BCUT2D eigenvalue weighted by Crippen LogP contribution is 2.41. The van der Waals surface area contributed by atoms with Crippen molar-refractivity contribution in [2.75, 3.05) is 33.3 Å². The number of aliphatic hydroxyl groups excluding tert-OH is 1. The number of rotatable bonds is 2. The highest BCUT2D eigenvalue weighted by molar-refractivity contribution is 5.97. The number of carbonyl (C=O) groups is 1. The first-order chi connectivity index (χ1) is 12.1. The lowest BCUT2D eigenvalue weighted by Crippen LogP contribution is -2.62. The van der Waals surface area contributed by atoms with Crippen LogP contribution in [-0.2, 0) is 0 Å². The largest absolute Gasteiger partial charge is 0.396 e. The minimum Gasteiger partial charge on any atom is -0.396 e. The molecule has 6 nitrogen and oxygen atoms in total. The molecule has 2 atom stereocenters. The van der Waals surface area contributed by atoms with Gasteiger partial charge in [-0.25, -0.2) is 0 Å². The Morgan fingerprint density at radius 2 is 2.04 bits per heavy atom. The standard InChI is InChI=1S/C19H24N4O2/c1-22-9-2-5-19(13-24)6-10-23(12-17(19)22)18(25)14-3-4-15-16(11-14)21-8-7-20-15/h3-4,7-8,11,17,24H,2,5-6,9-10,12-13H2,1H3/t17-,19-/m1/s1. The van der Waals surface area contributed by atoms with Crippen LogP contribution in [-0.4, -0.2) is 70.1 Å². The summed E-state index contributed by atoms with van der Waals surface area (Å²) < 4.78 is 0.